The van der Waals surface area contributed by atoms with Gasteiger partial charge in [0, 0.05) is 12.8 Å². The fourth-order valence-corrected chi connectivity index (χ4v) is 8.51. The molecule has 3 atom stereocenters. The topological polar surface area (TPSA) is 111 Å². The molecule has 0 spiro atoms. The smallest absolute Gasteiger partial charge is 0.456 e. The summed E-state index contributed by atoms with van der Waals surface area (Å²) in [6.45, 7) is 6.88. The van der Waals surface area contributed by atoms with E-state index in [4.69, 9.17) is 13.8 Å². The zero-order chi connectivity index (χ0) is 48.7. The number of nitrogens with one attached hydrogen (secondary N) is 1. The van der Waals surface area contributed by atoms with E-state index >= 15 is 0 Å². The van der Waals surface area contributed by atoms with E-state index in [1.165, 1.54) is 122 Å². The predicted molar refractivity (Wildman–Crippen MR) is 282 cm³/mol. The van der Waals surface area contributed by atoms with Crippen molar-refractivity contribution in [3.63, 3.8) is 0 Å². The second-order valence-corrected chi connectivity index (χ2v) is 21.2. The van der Waals surface area contributed by atoms with Gasteiger partial charge < -0.3 is 19.4 Å². The van der Waals surface area contributed by atoms with Crippen LogP contribution in [0.3, 0.4) is 0 Å². The number of quaternary nitrogens is 1. The van der Waals surface area contributed by atoms with Crippen molar-refractivity contribution in [2.24, 2.45) is 0 Å². The van der Waals surface area contributed by atoms with Crippen LogP contribution in [0.1, 0.15) is 245 Å². The zero-order valence-corrected chi connectivity index (χ0v) is 44.8. The number of phosphoric acid groups is 1. The summed E-state index contributed by atoms with van der Waals surface area (Å²) in [6, 6.07) is -0.853. The number of phosphoric ester groups is 1. The van der Waals surface area contributed by atoms with Crippen LogP contribution < -0.4 is 5.32 Å². The Morgan fingerprint density at radius 1 is 0.545 bits per heavy atom. The van der Waals surface area contributed by atoms with Crippen LogP contribution in [0.25, 0.3) is 0 Å². The molecule has 66 heavy (non-hydrogen) atoms. The minimum atomic E-state index is -4.44. The fourth-order valence-electron chi connectivity index (χ4n) is 7.78. The number of carbonyl (C=O) groups excluding carboxylic acids is 2. The van der Waals surface area contributed by atoms with Crippen molar-refractivity contribution < 1.29 is 37.3 Å². The number of allylic oxidation sites excluding steroid dienone is 7. The monoisotopic (exact) mass is 950 g/mol. The Bertz CT molecular complexity index is 1280. The summed E-state index contributed by atoms with van der Waals surface area (Å²) in [5, 5.41) is 3.04. The van der Waals surface area contributed by atoms with Gasteiger partial charge in [-0.15, -0.1) is 0 Å². The molecule has 0 radical (unpaired) electrons. The van der Waals surface area contributed by atoms with Gasteiger partial charge in [-0.05, 0) is 63.9 Å². The van der Waals surface area contributed by atoms with Crippen LogP contribution in [0.5, 0.6) is 0 Å². The van der Waals surface area contributed by atoms with E-state index in [2.05, 4.69) is 62.5 Å². The highest BCUT2D eigenvalue weighted by molar-refractivity contribution is 7.47. The van der Waals surface area contributed by atoms with E-state index in [-0.39, 0.29) is 31.5 Å². The second kappa shape index (κ2) is 46.7. The van der Waals surface area contributed by atoms with Crippen LogP contribution in [0.2, 0.25) is 0 Å². The molecule has 0 aromatic heterocycles. The van der Waals surface area contributed by atoms with E-state index in [1.54, 1.807) is 0 Å². The standard InChI is InChI=1S/C56H105N2O7P/c1-7-10-13-16-19-22-25-27-29-30-33-36-39-42-45-48-55(59)57-53(52-64-66(61,62)63-51-50-58(4,5)6)54(47-44-41-38-35-32-24-21-18-15-12-9-3)65-56(60)49-46-43-40-37-34-31-28-26-23-20-17-14-11-8-2/h11,14,20,23,28,31,44,47,53-54H,7-10,12-13,15-19,21-22,24-27,29-30,32-43,45-46,48-52H2,1-6H3,(H-,57,59,61,62)/p+1/b14-11+,23-20+,31-28+,47-44+. The molecule has 0 fully saturated rings. The van der Waals surface area contributed by atoms with Crippen molar-refractivity contribution >= 4 is 19.7 Å². The lowest BCUT2D eigenvalue weighted by molar-refractivity contribution is -0.870. The molecule has 0 aliphatic carbocycles. The number of hydrogen-bond acceptors (Lipinski definition) is 6. The molecule has 10 heteroatoms. The molecule has 0 aromatic carbocycles. The van der Waals surface area contributed by atoms with E-state index in [0.29, 0.717) is 23.9 Å². The first-order chi connectivity index (χ1) is 31.9. The van der Waals surface area contributed by atoms with Crippen molar-refractivity contribution in [3.8, 4) is 0 Å². The third-order valence-corrected chi connectivity index (χ3v) is 13.0. The molecule has 0 saturated heterocycles. The summed E-state index contributed by atoms with van der Waals surface area (Å²) in [7, 11) is 1.48. The number of nitrogens with zero attached hydrogens (tertiary/aromatic N) is 1. The number of amides is 1. The number of unbranched alkanes of at least 4 members (excludes halogenated alkanes) is 27. The van der Waals surface area contributed by atoms with Gasteiger partial charge in [-0.2, -0.15) is 0 Å². The summed E-state index contributed by atoms with van der Waals surface area (Å²) < 4.78 is 30.5. The second-order valence-electron chi connectivity index (χ2n) is 19.7. The lowest BCUT2D eigenvalue weighted by atomic mass is 10.0. The molecule has 9 nitrogen and oxygen atoms in total. The lowest BCUT2D eigenvalue weighted by Gasteiger charge is -2.27. The van der Waals surface area contributed by atoms with E-state index in [1.807, 2.05) is 33.3 Å². The van der Waals surface area contributed by atoms with Crippen molar-refractivity contribution in [2.75, 3.05) is 40.9 Å². The lowest BCUT2D eigenvalue weighted by Crippen LogP contribution is -2.47. The predicted octanol–water partition coefficient (Wildman–Crippen LogP) is 16.2. The van der Waals surface area contributed by atoms with Gasteiger partial charge in [0.2, 0.25) is 5.91 Å². The van der Waals surface area contributed by atoms with Crippen molar-refractivity contribution in [3.05, 3.63) is 48.6 Å². The van der Waals surface area contributed by atoms with Gasteiger partial charge in [0.25, 0.3) is 0 Å². The first-order valence-corrected chi connectivity index (χ1v) is 29.0. The average Bonchev–Trinajstić information content (AvgIpc) is 3.27. The Hall–Kier alpha value is -2.03. The van der Waals surface area contributed by atoms with Crippen molar-refractivity contribution in [1.82, 2.24) is 5.32 Å². The third-order valence-electron chi connectivity index (χ3n) is 12.0. The van der Waals surface area contributed by atoms with Crippen LogP contribution in [0, 0.1) is 0 Å². The van der Waals surface area contributed by atoms with Gasteiger partial charge in [-0.1, -0.05) is 217 Å². The largest absolute Gasteiger partial charge is 0.472 e. The maximum Gasteiger partial charge on any atom is 0.472 e. The first-order valence-electron chi connectivity index (χ1n) is 27.5. The molecule has 0 saturated carbocycles. The molecule has 386 valence electrons. The van der Waals surface area contributed by atoms with Gasteiger partial charge in [-0.3, -0.25) is 18.6 Å². The summed E-state index contributed by atoms with van der Waals surface area (Å²) in [4.78, 5) is 37.5. The molecule has 0 aliphatic rings. The Labute approximate surface area is 408 Å². The van der Waals surface area contributed by atoms with Crippen molar-refractivity contribution in [2.45, 2.75) is 258 Å². The molecule has 1 amide bonds. The maximum absolute atomic E-state index is 13.5. The number of ether oxygens (including phenoxy) is 1. The summed E-state index contributed by atoms with van der Waals surface area (Å²) in [5.41, 5.74) is 0. The molecule has 2 N–H and O–H groups in total. The highest BCUT2D eigenvalue weighted by Gasteiger charge is 2.30. The first kappa shape index (κ1) is 64.0. The number of hydrogen-bond donors (Lipinski definition) is 2. The minimum absolute atomic E-state index is 0.0371. The number of carbonyl (C=O) groups is 2. The van der Waals surface area contributed by atoms with Gasteiger partial charge >= 0.3 is 13.8 Å². The van der Waals surface area contributed by atoms with Crippen LogP contribution in [0.4, 0.5) is 0 Å². The number of rotatable bonds is 49. The van der Waals surface area contributed by atoms with E-state index in [9.17, 15) is 19.0 Å². The van der Waals surface area contributed by atoms with Gasteiger partial charge in [0.05, 0.1) is 33.8 Å². The van der Waals surface area contributed by atoms with Gasteiger partial charge in [-0.25, -0.2) is 4.57 Å². The summed E-state index contributed by atoms with van der Waals surface area (Å²) in [5.74, 6) is -0.527. The Morgan fingerprint density at radius 2 is 0.970 bits per heavy atom. The molecular weight excluding hydrogens is 844 g/mol. The van der Waals surface area contributed by atoms with Crippen molar-refractivity contribution in [1.29, 1.82) is 0 Å². The summed E-state index contributed by atoms with van der Waals surface area (Å²) >= 11 is 0. The SMILES string of the molecule is CC/C=C/C/C=C/C/C=C/CCCCCCC(=O)OC(/C=C/CCCCCCCCCCC)C(COP(=O)(O)OCC[N+](C)(C)C)NC(=O)CCCCCCCCCCCCCCCCC. The molecule has 0 aromatic rings. The average molecular weight is 950 g/mol. The van der Waals surface area contributed by atoms with Crippen LogP contribution in [-0.4, -0.2) is 74.3 Å². The normalized spacial score (nSPS) is 14.2. The molecule has 3 unspecified atom stereocenters. The van der Waals surface area contributed by atoms with Gasteiger partial charge in [0.1, 0.15) is 19.3 Å². The molecular formula is C56H106N2O7P+. The van der Waals surface area contributed by atoms with Crippen LogP contribution in [0.15, 0.2) is 48.6 Å². The fraction of sp³-hybridized carbons (Fsp3) is 0.821. The third kappa shape index (κ3) is 47.1. The van der Waals surface area contributed by atoms with Crippen LogP contribution >= 0.6 is 7.82 Å². The minimum Gasteiger partial charge on any atom is -0.456 e. The molecule has 0 heterocycles. The quantitative estimate of drug-likeness (QED) is 0.0205. The molecule has 0 aliphatic heterocycles. The summed E-state index contributed by atoms with van der Waals surface area (Å²) in [6.07, 6.45) is 55.3. The number of esters is 1. The van der Waals surface area contributed by atoms with Crippen LogP contribution in [-0.2, 0) is 27.9 Å². The highest BCUT2D eigenvalue weighted by atomic mass is 31.2. The molecule has 0 rings (SSSR count). The zero-order valence-electron chi connectivity index (χ0n) is 43.9. The Kier molecular flexibility index (Phi) is 45.3. The maximum atomic E-state index is 13.5. The highest BCUT2D eigenvalue weighted by Crippen LogP contribution is 2.43. The van der Waals surface area contributed by atoms with E-state index in [0.717, 1.165) is 83.5 Å². The van der Waals surface area contributed by atoms with E-state index < -0.39 is 20.0 Å². The number of likely N-dealkylation sites (N-methyl/N-ethyl adjacent to an activating group) is 1. The van der Waals surface area contributed by atoms with Gasteiger partial charge in [0.15, 0.2) is 0 Å². The Balaban J connectivity index is 5.38. The Morgan fingerprint density at radius 3 is 1.45 bits per heavy atom. The molecule has 0 bridgehead atoms.